The smallest absolute Gasteiger partial charge is 0.416 e. The van der Waals surface area contributed by atoms with E-state index in [1.807, 2.05) is 0 Å². The number of carbonyl (C=O) groups is 1. The summed E-state index contributed by atoms with van der Waals surface area (Å²) in [4.78, 5) is 11.6. The van der Waals surface area contributed by atoms with Gasteiger partial charge in [0.2, 0.25) is 0 Å². The van der Waals surface area contributed by atoms with E-state index in [1.165, 1.54) is 26.2 Å². The molecule has 8 heteroatoms. The zero-order valence-electron chi connectivity index (χ0n) is 14.3. The zero-order valence-corrected chi connectivity index (χ0v) is 15.1. The lowest BCUT2D eigenvalue weighted by Crippen LogP contribution is -2.42. The Labute approximate surface area is 143 Å². The number of carbonyl (C=O) groups excluding carboxylic acids is 1. The number of ether oxygens (including phenoxy) is 1. The SMILES string of the molecule is COC(=O)C[C@H](N[S@+]([O-])C(C)(C)C)c1ccc(C)c(C(F)(F)F)c1. The van der Waals surface area contributed by atoms with Crippen molar-refractivity contribution in [3.05, 3.63) is 34.9 Å². The molecule has 4 nitrogen and oxygen atoms in total. The molecule has 1 aromatic carbocycles. The topological polar surface area (TPSA) is 61.4 Å². The molecular formula is C16H22F3NO3S. The third-order valence-electron chi connectivity index (χ3n) is 3.37. The monoisotopic (exact) mass is 365 g/mol. The van der Waals surface area contributed by atoms with Gasteiger partial charge in [0, 0.05) is 11.4 Å². The Balaban J connectivity index is 3.22. The van der Waals surface area contributed by atoms with Gasteiger partial charge in [0.15, 0.2) is 0 Å². The number of halogens is 3. The van der Waals surface area contributed by atoms with Crippen LogP contribution in [0.3, 0.4) is 0 Å². The van der Waals surface area contributed by atoms with Gasteiger partial charge in [-0.05, 0) is 44.9 Å². The fraction of sp³-hybridized carbons (Fsp3) is 0.562. The molecule has 0 saturated heterocycles. The second-order valence-corrected chi connectivity index (χ2v) is 8.40. The van der Waals surface area contributed by atoms with Crippen LogP contribution in [-0.2, 0) is 27.1 Å². The molecular weight excluding hydrogens is 343 g/mol. The molecule has 0 aliphatic carbocycles. The maximum absolute atomic E-state index is 13.1. The van der Waals surface area contributed by atoms with E-state index >= 15 is 0 Å². The summed E-state index contributed by atoms with van der Waals surface area (Å²) in [5.41, 5.74) is -0.464. The van der Waals surface area contributed by atoms with Crippen LogP contribution in [0.15, 0.2) is 18.2 Å². The minimum absolute atomic E-state index is 0.0833. The van der Waals surface area contributed by atoms with Crippen molar-refractivity contribution in [1.82, 2.24) is 4.72 Å². The molecule has 0 radical (unpaired) electrons. The van der Waals surface area contributed by atoms with Crippen LogP contribution in [-0.4, -0.2) is 22.4 Å². The normalized spacial score (nSPS) is 15.0. The molecule has 0 unspecified atom stereocenters. The lowest BCUT2D eigenvalue weighted by molar-refractivity contribution is -0.141. The molecule has 1 N–H and O–H groups in total. The highest BCUT2D eigenvalue weighted by molar-refractivity contribution is 7.90. The summed E-state index contributed by atoms with van der Waals surface area (Å²) in [6.45, 7) is 6.54. The van der Waals surface area contributed by atoms with Gasteiger partial charge in [-0.3, -0.25) is 4.79 Å². The van der Waals surface area contributed by atoms with E-state index in [1.54, 1.807) is 20.8 Å². The van der Waals surface area contributed by atoms with Gasteiger partial charge in [-0.25, -0.2) is 0 Å². The van der Waals surface area contributed by atoms with E-state index in [9.17, 15) is 22.5 Å². The van der Waals surface area contributed by atoms with E-state index in [0.29, 0.717) is 0 Å². The van der Waals surface area contributed by atoms with Gasteiger partial charge in [-0.2, -0.15) is 13.2 Å². The number of hydrogen-bond acceptors (Lipinski definition) is 4. The van der Waals surface area contributed by atoms with E-state index in [0.717, 1.165) is 6.07 Å². The third-order valence-corrected chi connectivity index (χ3v) is 4.98. The Morgan fingerprint density at radius 1 is 1.33 bits per heavy atom. The van der Waals surface area contributed by atoms with Gasteiger partial charge >= 0.3 is 12.1 Å². The standard InChI is InChI=1S/C16H22F3NO3S/c1-10-6-7-11(8-12(10)16(17,18)19)13(9-14(21)23-5)20-24(22)15(2,3)4/h6-8,13,20H,9H2,1-5H3/t13-,24+/m0/s1. The van der Waals surface area contributed by atoms with Crippen molar-refractivity contribution >= 4 is 17.3 Å². The maximum Gasteiger partial charge on any atom is 0.416 e. The van der Waals surface area contributed by atoms with Crippen molar-refractivity contribution in [1.29, 1.82) is 0 Å². The molecule has 0 spiro atoms. The van der Waals surface area contributed by atoms with Crippen molar-refractivity contribution in [2.75, 3.05) is 7.11 Å². The highest BCUT2D eigenvalue weighted by atomic mass is 32.2. The molecule has 0 heterocycles. The molecule has 0 amide bonds. The summed E-state index contributed by atoms with van der Waals surface area (Å²) in [5, 5.41) is 0. The van der Waals surface area contributed by atoms with Gasteiger partial charge in [0.25, 0.3) is 0 Å². The van der Waals surface area contributed by atoms with Crippen LogP contribution >= 0.6 is 0 Å². The molecule has 2 atom stereocenters. The molecule has 0 saturated carbocycles. The number of methoxy groups -OCH3 is 1. The van der Waals surface area contributed by atoms with Gasteiger partial charge in [-0.15, -0.1) is 4.72 Å². The van der Waals surface area contributed by atoms with Crippen LogP contribution in [0.4, 0.5) is 13.2 Å². The fourth-order valence-corrected chi connectivity index (χ4v) is 2.78. The van der Waals surface area contributed by atoms with Crippen molar-refractivity contribution in [2.24, 2.45) is 0 Å². The first kappa shape index (κ1) is 20.8. The van der Waals surface area contributed by atoms with Crippen LogP contribution in [0.25, 0.3) is 0 Å². The van der Waals surface area contributed by atoms with Crippen molar-refractivity contribution in [2.45, 2.75) is 51.1 Å². The molecule has 1 aromatic rings. The summed E-state index contributed by atoms with van der Waals surface area (Å²) < 4.78 is 58.3. The number of nitrogens with one attached hydrogen (secondary N) is 1. The van der Waals surface area contributed by atoms with Crippen molar-refractivity contribution < 1.29 is 27.3 Å². The molecule has 0 aliphatic rings. The van der Waals surface area contributed by atoms with Crippen LogP contribution in [0.1, 0.15) is 49.9 Å². The lowest BCUT2D eigenvalue weighted by atomic mass is 9.98. The number of aryl methyl sites for hydroxylation is 1. The molecule has 0 aliphatic heterocycles. The Bertz CT molecular complexity index is 585. The third kappa shape index (κ3) is 5.68. The summed E-state index contributed by atoms with van der Waals surface area (Å²) in [6.07, 6.45) is -4.72. The summed E-state index contributed by atoms with van der Waals surface area (Å²) in [6, 6.07) is 2.96. The van der Waals surface area contributed by atoms with Gasteiger partial charge < -0.3 is 9.29 Å². The summed E-state index contributed by atoms with van der Waals surface area (Å²) in [7, 11) is 1.19. The molecule has 24 heavy (non-hydrogen) atoms. The number of alkyl halides is 3. The Kier molecular flexibility index (Phi) is 6.72. The van der Waals surface area contributed by atoms with Crippen LogP contribution in [0.5, 0.6) is 0 Å². The largest absolute Gasteiger partial charge is 0.598 e. The minimum atomic E-state index is -4.50. The Morgan fingerprint density at radius 2 is 1.92 bits per heavy atom. The molecule has 1 rings (SSSR count). The van der Waals surface area contributed by atoms with Gasteiger partial charge in [0.1, 0.15) is 4.75 Å². The van der Waals surface area contributed by atoms with Crippen LogP contribution < -0.4 is 4.72 Å². The minimum Gasteiger partial charge on any atom is -0.598 e. The average Bonchev–Trinajstić information content (AvgIpc) is 2.44. The van der Waals surface area contributed by atoms with Crippen LogP contribution in [0.2, 0.25) is 0 Å². The average molecular weight is 365 g/mol. The van der Waals surface area contributed by atoms with Crippen molar-refractivity contribution in [3.8, 4) is 0 Å². The summed E-state index contributed by atoms with van der Waals surface area (Å²) in [5.74, 6) is -0.604. The first-order chi connectivity index (χ1) is 10.9. The lowest BCUT2D eigenvalue weighted by Gasteiger charge is -2.28. The number of benzene rings is 1. The van der Waals surface area contributed by atoms with E-state index < -0.39 is 39.9 Å². The quantitative estimate of drug-likeness (QED) is 0.639. The summed E-state index contributed by atoms with van der Waals surface area (Å²) >= 11 is -1.56. The predicted octanol–water partition coefficient (Wildman–Crippen LogP) is 3.67. The van der Waals surface area contributed by atoms with E-state index in [2.05, 4.69) is 9.46 Å². The Morgan fingerprint density at radius 3 is 2.38 bits per heavy atom. The first-order valence-corrected chi connectivity index (χ1v) is 8.44. The highest BCUT2D eigenvalue weighted by Gasteiger charge is 2.35. The molecule has 0 bridgehead atoms. The highest BCUT2D eigenvalue weighted by Crippen LogP contribution is 2.34. The number of esters is 1. The molecule has 0 fully saturated rings. The van der Waals surface area contributed by atoms with Gasteiger partial charge in [0.05, 0.1) is 25.1 Å². The van der Waals surface area contributed by atoms with E-state index in [-0.39, 0.29) is 17.5 Å². The number of rotatable bonds is 5. The Hall–Kier alpha value is -1.25. The van der Waals surface area contributed by atoms with Crippen molar-refractivity contribution in [3.63, 3.8) is 0 Å². The maximum atomic E-state index is 13.1. The fourth-order valence-electron chi connectivity index (χ4n) is 1.95. The van der Waals surface area contributed by atoms with Gasteiger partial charge in [-0.1, -0.05) is 12.1 Å². The molecule has 136 valence electrons. The first-order valence-electron chi connectivity index (χ1n) is 7.29. The van der Waals surface area contributed by atoms with Crippen LogP contribution in [0, 0.1) is 6.92 Å². The second kappa shape index (κ2) is 7.76. The van der Waals surface area contributed by atoms with E-state index in [4.69, 9.17) is 0 Å². The number of hydrogen-bond donors (Lipinski definition) is 1. The predicted molar refractivity (Wildman–Crippen MR) is 86.6 cm³/mol. The molecule has 0 aromatic heterocycles. The zero-order chi connectivity index (χ0) is 18.7. The second-order valence-electron chi connectivity index (χ2n) is 6.40.